The number of thiazole rings is 1. The maximum atomic E-state index is 13.4. The van der Waals surface area contributed by atoms with Crippen molar-refractivity contribution in [2.75, 3.05) is 53.3 Å². The highest BCUT2D eigenvalue weighted by atomic mass is 35.5. The van der Waals surface area contributed by atoms with Crippen LogP contribution < -0.4 is 9.64 Å². The molecule has 0 aliphatic carbocycles. The molecule has 11 heteroatoms. The van der Waals surface area contributed by atoms with Gasteiger partial charge in [0.15, 0.2) is 5.13 Å². The first-order valence-electron chi connectivity index (χ1n) is 10.1. The Morgan fingerprint density at radius 3 is 2.27 bits per heavy atom. The number of nitrogens with zero attached hydrogens (tertiary/aromatic N) is 4. The lowest BCUT2D eigenvalue weighted by atomic mass is 10.2. The molecule has 0 aliphatic heterocycles. The molecule has 0 atom stereocenters. The second-order valence-corrected chi connectivity index (χ2v) is 10.9. The third-order valence-corrected chi connectivity index (χ3v) is 7.81. The number of carbonyl (C=O) groups is 1. The number of benzene rings is 2. The van der Waals surface area contributed by atoms with E-state index in [0.29, 0.717) is 28.5 Å². The first kappa shape index (κ1) is 27.0. The Morgan fingerprint density at radius 2 is 1.70 bits per heavy atom. The fourth-order valence-corrected chi connectivity index (χ4v) is 5.07. The summed E-state index contributed by atoms with van der Waals surface area (Å²) in [7, 11) is 4.95. The maximum Gasteiger partial charge on any atom is 0.260 e. The van der Waals surface area contributed by atoms with Crippen LogP contribution in [0.2, 0.25) is 0 Å². The summed E-state index contributed by atoms with van der Waals surface area (Å²) in [5, 5.41) is 0.582. The number of carbonyl (C=O) groups excluding carboxylic acids is 1. The molecule has 0 bridgehead atoms. The van der Waals surface area contributed by atoms with Crippen molar-refractivity contribution in [1.29, 1.82) is 0 Å². The third-order valence-electron chi connectivity index (χ3n) is 4.93. The summed E-state index contributed by atoms with van der Waals surface area (Å²) in [5.74, 6) is 0.430. The fraction of sp³-hybridized carbons (Fsp3) is 0.364. The fourth-order valence-electron chi connectivity index (χ4n) is 3.16. The van der Waals surface area contributed by atoms with Gasteiger partial charge in [-0.1, -0.05) is 17.4 Å². The number of methoxy groups -OCH3 is 1. The average molecular weight is 513 g/mol. The van der Waals surface area contributed by atoms with Crippen LogP contribution in [0.5, 0.6) is 5.75 Å². The number of fused-ring (bicyclic) bond motifs is 1. The van der Waals surface area contributed by atoms with Crippen LogP contribution in [-0.2, 0) is 10.0 Å². The molecule has 2 aromatic carbocycles. The molecule has 0 spiro atoms. The number of rotatable bonds is 9. The van der Waals surface area contributed by atoms with Gasteiger partial charge in [0.25, 0.3) is 5.91 Å². The van der Waals surface area contributed by atoms with Gasteiger partial charge in [0, 0.05) is 26.2 Å². The van der Waals surface area contributed by atoms with Gasteiger partial charge in [-0.3, -0.25) is 9.69 Å². The van der Waals surface area contributed by atoms with Gasteiger partial charge in [-0.15, -0.1) is 12.4 Å². The van der Waals surface area contributed by atoms with E-state index in [0.717, 1.165) is 22.0 Å². The Labute approximate surface area is 205 Å². The van der Waals surface area contributed by atoms with E-state index in [1.165, 1.54) is 37.6 Å². The van der Waals surface area contributed by atoms with Gasteiger partial charge in [-0.25, -0.2) is 17.7 Å². The Bertz CT molecular complexity index is 1190. The lowest BCUT2D eigenvalue weighted by Gasteiger charge is -2.21. The van der Waals surface area contributed by atoms with Gasteiger partial charge in [0.1, 0.15) is 11.3 Å². The Balaban J connectivity index is 0.00000385. The molecule has 180 valence electrons. The zero-order valence-electron chi connectivity index (χ0n) is 19.3. The molecule has 1 amide bonds. The van der Waals surface area contributed by atoms with E-state index in [9.17, 15) is 13.2 Å². The number of amides is 1. The number of hydrogen-bond donors (Lipinski definition) is 0. The van der Waals surface area contributed by atoms with E-state index in [1.807, 2.05) is 32.3 Å². The molecule has 0 radical (unpaired) electrons. The van der Waals surface area contributed by atoms with E-state index in [4.69, 9.17) is 9.72 Å². The van der Waals surface area contributed by atoms with Gasteiger partial charge in [-0.2, -0.15) is 0 Å². The van der Waals surface area contributed by atoms with Crippen molar-refractivity contribution in [3.8, 4) is 5.75 Å². The SMILES string of the molecule is COc1cccc2sc(N(CCCN(C)C)C(=O)c3ccc(S(=O)(=O)N(C)C)cc3)nc12.Cl. The Morgan fingerprint density at radius 1 is 1.03 bits per heavy atom. The Hall–Kier alpha value is -2.24. The zero-order chi connectivity index (χ0) is 23.5. The molecule has 1 heterocycles. The topological polar surface area (TPSA) is 83.0 Å². The van der Waals surface area contributed by atoms with E-state index in [1.54, 1.807) is 24.1 Å². The van der Waals surface area contributed by atoms with Crippen molar-refractivity contribution in [3.63, 3.8) is 0 Å². The molecular weight excluding hydrogens is 484 g/mol. The lowest BCUT2D eigenvalue weighted by Crippen LogP contribution is -2.33. The number of anilines is 1. The molecule has 0 unspecified atom stereocenters. The molecule has 33 heavy (non-hydrogen) atoms. The van der Waals surface area contributed by atoms with Crippen molar-refractivity contribution in [2.45, 2.75) is 11.3 Å². The summed E-state index contributed by atoms with van der Waals surface area (Å²) in [4.78, 5) is 22.0. The van der Waals surface area contributed by atoms with Crippen LogP contribution in [0.4, 0.5) is 5.13 Å². The number of halogens is 1. The van der Waals surface area contributed by atoms with Crippen LogP contribution in [0.3, 0.4) is 0 Å². The van der Waals surface area contributed by atoms with Gasteiger partial charge in [0.05, 0.1) is 16.7 Å². The summed E-state index contributed by atoms with van der Waals surface area (Å²) >= 11 is 1.43. The van der Waals surface area contributed by atoms with Crippen LogP contribution in [0.1, 0.15) is 16.8 Å². The second kappa shape index (κ2) is 11.3. The summed E-state index contributed by atoms with van der Waals surface area (Å²) in [6.45, 7) is 1.30. The first-order chi connectivity index (χ1) is 15.1. The quantitative estimate of drug-likeness (QED) is 0.436. The van der Waals surface area contributed by atoms with Crippen LogP contribution in [0.25, 0.3) is 10.2 Å². The molecule has 0 fully saturated rings. The molecule has 0 aliphatic rings. The molecule has 0 saturated carbocycles. The third kappa shape index (κ3) is 6.01. The summed E-state index contributed by atoms with van der Waals surface area (Å²) in [6.07, 6.45) is 0.763. The molecule has 3 aromatic rings. The molecule has 0 N–H and O–H groups in total. The summed E-state index contributed by atoms with van der Waals surface area (Å²) in [6, 6.07) is 11.7. The largest absolute Gasteiger partial charge is 0.494 e. The maximum absolute atomic E-state index is 13.4. The van der Waals surface area contributed by atoms with Gasteiger partial charge >= 0.3 is 0 Å². The number of aromatic nitrogens is 1. The number of para-hydroxylation sites is 1. The normalized spacial score (nSPS) is 11.6. The van der Waals surface area contributed by atoms with Gasteiger partial charge in [0.2, 0.25) is 10.0 Å². The van der Waals surface area contributed by atoms with Gasteiger partial charge < -0.3 is 9.64 Å². The van der Waals surface area contributed by atoms with Crippen molar-refractivity contribution in [3.05, 3.63) is 48.0 Å². The highest BCUT2D eigenvalue weighted by Gasteiger charge is 2.23. The highest BCUT2D eigenvalue weighted by Crippen LogP contribution is 2.34. The lowest BCUT2D eigenvalue weighted by molar-refractivity contribution is 0.0986. The Kier molecular flexibility index (Phi) is 9.21. The van der Waals surface area contributed by atoms with Gasteiger partial charge in [-0.05, 0) is 63.5 Å². The monoisotopic (exact) mass is 512 g/mol. The number of sulfonamides is 1. The number of hydrogen-bond acceptors (Lipinski definition) is 7. The minimum atomic E-state index is -3.56. The number of ether oxygens (including phenoxy) is 1. The standard InChI is InChI=1S/C22H28N4O4S2.ClH/c1-24(2)14-7-15-26(22-23-20-18(30-5)8-6-9-19(20)31-22)21(27)16-10-12-17(13-11-16)32(28,29)25(3)4;/h6,8-13H,7,14-15H2,1-5H3;1H. The minimum absolute atomic E-state index is 0. The summed E-state index contributed by atoms with van der Waals surface area (Å²) in [5.41, 5.74) is 1.12. The van der Waals surface area contributed by atoms with Crippen LogP contribution >= 0.6 is 23.7 Å². The van der Waals surface area contributed by atoms with Crippen LogP contribution in [0, 0.1) is 0 Å². The van der Waals surface area contributed by atoms with E-state index in [2.05, 4.69) is 4.90 Å². The average Bonchev–Trinajstić information content (AvgIpc) is 3.20. The highest BCUT2D eigenvalue weighted by molar-refractivity contribution is 7.89. The van der Waals surface area contributed by atoms with Crippen molar-refractivity contribution in [2.24, 2.45) is 0 Å². The predicted molar refractivity (Wildman–Crippen MR) is 136 cm³/mol. The van der Waals surface area contributed by atoms with E-state index >= 15 is 0 Å². The van der Waals surface area contributed by atoms with E-state index < -0.39 is 10.0 Å². The minimum Gasteiger partial charge on any atom is -0.494 e. The van der Waals surface area contributed by atoms with Crippen LogP contribution in [0.15, 0.2) is 47.4 Å². The first-order valence-corrected chi connectivity index (χ1v) is 12.3. The molecule has 1 aromatic heterocycles. The smallest absolute Gasteiger partial charge is 0.260 e. The zero-order valence-corrected chi connectivity index (χ0v) is 21.8. The van der Waals surface area contributed by atoms with Crippen LogP contribution in [-0.4, -0.2) is 76.9 Å². The van der Waals surface area contributed by atoms with Crippen molar-refractivity contribution in [1.82, 2.24) is 14.2 Å². The predicted octanol–water partition coefficient (Wildman–Crippen LogP) is 3.58. The van der Waals surface area contributed by atoms with Crippen molar-refractivity contribution >= 4 is 55.0 Å². The van der Waals surface area contributed by atoms with Crippen molar-refractivity contribution < 1.29 is 17.9 Å². The summed E-state index contributed by atoms with van der Waals surface area (Å²) < 4.78 is 32.2. The molecule has 3 rings (SSSR count). The van der Waals surface area contributed by atoms with E-state index in [-0.39, 0.29) is 23.2 Å². The molecule has 8 nitrogen and oxygen atoms in total. The molecule has 0 saturated heterocycles. The molecular formula is C22H29ClN4O4S2. The second-order valence-electron chi connectivity index (χ2n) is 7.73.